The molecule has 0 saturated carbocycles. The molecule has 1 aromatic carbocycles. The fourth-order valence-electron chi connectivity index (χ4n) is 2.34. The van der Waals surface area contributed by atoms with Gasteiger partial charge in [0, 0.05) is 17.0 Å². The summed E-state index contributed by atoms with van der Waals surface area (Å²) < 4.78 is 0. The quantitative estimate of drug-likeness (QED) is 0.760. The van der Waals surface area contributed by atoms with E-state index in [1.807, 2.05) is 38.1 Å². The number of benzene rings is 1. The van der Waals surface area contributed by atoms with Crippen LogP contribution in [0.4, 0.5) is 0 Å². The number of rotatable bonds is 8. The third-order valence-electron chi connectivity index (χ3n) is 3.72. The van der Waals surface area contributed by atoms with Crippen LogP contribution in [0.3, 0.4) is 0 Å². The summed E-state index contributed by atoms with van der Waals surface area (Å²) in [6, 6.07) is 7.90. The normalized spacial score (nSPS) is 15.3. The number of nitrogens with two attached hydrogens (primary N) is 1. The molecule has 0 radical (unpaired) electrons. The molecule has 118 valence electrons. The third-order valence-corrected chi connectivity index (χ3v) is 3.96. The standard InChI is InChI=1S/C17H27ClN2O/c1-4-16(14-9-6-10-15(18)11-14)20-17(21)12(2)7-5-8-13(3)19/h6,9-13,16H,4-5,7-8,19H2,1-3H3,(H,20,21). The van der Waals surface area contributed by atoms with Crippen molar-refractivity contribution in [3.63, 3.8) is 0 Å². The number of hydrogen-bond acceptors (Lipinski definition) is 2. The van der Waals surface area contributed by atoms with Crippen molar-refractivity contribution in [3.8, 4) is 0 Å². The second-order valence-electron chi connectivity index (χ2n) is 5.83. The minimum atomic E-state index is 0.0111. The van der Waals surface area contributed by atoms with Crippen LogP contribution in [0.5, 0.6) is 0 Å². The lowest BCUT2D eigenvalue weighted by molar-refractivity contribution is -0.125. The summed E-state index contributed by atoms with van der Waals surface area (Å²) in [4.78, 5) is 12.3. The first-order valence-electron chi connectivity index (χ1n) is 7.75. The summed E-state index contributed by atoms with van der Waals surface area (Å²) in [5.41, 5.74) is 6.79. The highest BCUT2D eigenvalue weighted by molar-refractivity contribution is 6.30. The maximum Gasteiger partial charge on any atom is 0.223 e. The first-order valence-corrected chi connectivity index (χ1v) is 8.13. The van der Waals surface area contributed by atoms with Gasteiger partial charge >= 0.3 is 0 Å². The Hall–Kier alpha value is -1.06. The van der Waals surface area contributed by atoms with Crippen molar-refractivity contribution in [1.82, 2.24) is 5.32 Å². The highest BCUT2D eigenvalue weighted by Crippen LogP contribution is 2.21. The number of carbonyl (C=O) groups excluding carboxylic acids is 1. The average Bonchev–Trinajstić information content (AvgIpc) is 2.43. The van der Waals surface area contributed by atoms with Crippen LogP contribution < -0.4 is 11.1 Å². The minimum Gasteiger partial charge on any atom is -0.349 e. The van der Waals surface area contributed by atoms with E-state index in [4.69, 9.17) is 17.3 Å². The molecule has 3 unspecified atom stereocenters. The Morgan fingerprint density at radius 2 is 2.05 bits per heavy atom. The van der Waals surface area contributed by atoms with Crippen LogP contribution in [0.25, 0.3) is 0 Å². The minimum absolute atomic E-state index is 0.0111. The van der Waals surface area contributed by atoms with Crippen LogP contribution in [0.1, 0.15) is 58.1 Å². The van der Waals surface area contributed by atoms with Crippen molar-refractivity contribution in [2.45, 2.75) is 58.5 Å². The summed E-state index contributed by atoms with van der Waals surface area (Å²) in [7, 11) is 0. The lowest BCUT2D eigenvalue weighted by Crippen LogP contribution is -2.32. The molecule has 3 N–H and O–H groups in total. The lowest BCUT2D eigenvalue weighted by Gasteiger charge is -2.20. The number of carbonyl (C=O) groups is 1. The van der Waals surface area contributed by atoms with E-state index in [0.29, 0.717) is 5.02 Å². The van der Waals surface area contributed by atoms with Crippen LogP contribution in [0, 0.1) is 5.92 Å². The molecule has 4 heteroatoms. The Morgan fingerprint density at radius 3 is 2.62 bits per heavy atom. The molecule has 0 spiro atoms. The molecule has 1 amide bonds. The van der Waals surface area contributed by atoms with Gasteiger partial charge in [0.1, 0.15) is 0 Å². The summed E-state index contributed by atoms with van der Waals surface area (Å²) in [6.45, 7) is 6.03. The Balaban J connectivity index is 2.54. The largest absolute Gasteiger partial charge is 0.349 e. The van der Waals surface area contributed by atoms with Gasteiger partial charge in [0.15, 0.2) is 0 Å². The molecule has 0 heterocycles. The third kappa shape index (κ3) is 6.49. The zero-order valence-corrected chi connectivity index (χ0v) is 14.0. The second kappa shape index (κ2) is 9.06. The number of halogens is 1. The fourth-order valence-corrected chi connectivity index (χ4v) is 2.53. The lowest BCUT2D eigenvalue weighted by atomic mass is 9.99. The van der Waals surface area contributed by atoms with Crippen molar-refractivity contribution in [3.05, 3.63) is 34.9 Å². The number of amides is 1. The molecule has 3 nitrogen and oxygen atoms in total. The molecule has 0 saturated heterocycles. The van der Waals surface area contributed by atoms with E-state index in [1.54, 1.807) is 0 Å². The van der Waals surface area contributed by atoms with E-state index in [-0.39, 0.29) is 23.9 Å². The van der Waals surface area contributed by atoms with Gasteiger partial charge in [0.2, 0.25) is 5.91 Å². The van der Waals surface area contributed by atoms with E-state index in [9.17, 15) is 4.79 Å². The first-order chi connectivity index (χ1) is 9.93. The summed E-state index contributed by atoms with van der Waals surface area (Å²) >= 11 is 6.02. The van der Waals surface area contributed by atoms with E-state index in [1.165, 1.54) is 0 Å². The molecule has 0 aliphatic rings. The molecule has 1 aromatic rings. The first kappa shape index (κ1) is 18.0. The number of nitrogens with one attached hydrogen (secondary N) is 1. The smallest absolute Gasteiger partial charge is 0.223 e. The van der Waals surface area contributed by atoms with Crippen molar-refractivity contribution in [2.24, 2.45) is 11.7 Å². The molecular formula is C17H27ClN2O. The number of hydrogen-bond donors (Lipinski definition) is 2. The zero-order valence-electron chi connectivity index (χ0n) is 13.2. The van der Waals surface area contributed by atoms with Crippen LogP contribution in [0.2, 0.25) is 5.02 Å². The Morgan fingerprint density at radius 1 is 1.33 bits per heavy atom. The molecule has 0 aliphatic carbocycles. The maximum absolute atomic E-state index is 12.3. The molecule has 1 rings (SSSR count). The predicted molar refractivity (Wildman–Crippen MR) is 89.3 cm³/mol. The molecule has 0 bridgehead atoms. The van der Waals surface area contributed by atoms with Gasteiger partial charge in [-0.05, 0) is 43.9 Å². The van der Waals surface area contributed by atoms with Crippen LogP contribution in [-0.2, 0) is 4.79 Å². The summed E-state index contributed by atoms with van der Waals surface area (Å²) in [5.74, 6) is 0.114. The average molecular weight is 311 g/mol. The van der Waals surface area contributed by atoms with Gasteiger partial charge in [0.25, 0.3) is 0 Å². The molecule has 0 fully saturated rings. The monoisotopic (exact) mass is 310 g/mol. The van der Waals surface area contributed by atoms with Gasteiger partial charge in [-0.25, -0.2) is 0 Å². The molecule has 0 aliphatic heterocycles. The van der Waals surface area contributed by atoms with Gasteiger partial charge in [-0.3, -0.25) is 4.79 Å². The predicted octanol–water partition coefficient (Wildman–Crippen LogP) is 4.06. The van der Waals surface area contributed by atoms with Crippen molar-refractivity contribution < 1.29 is 4.79 Å². The van der Waals surface area contributed by atoms with Crippen molar-refractivity contribution in [2.75, 3.05) is 0 Å². The van der Waals surface area contributed by atoms with Gasteiger partial charge in [-0.1, -0.05) is 44.0 Å². The van der Waals surface area contributed by atoms with Gasteiger partial charge in [0.05, 0.1) is 6.04 Å². The second-order valence-corrected chi connectivity index (χ2v) is 6.27. The van der Waals surface area contributed by atoms with Gasteiger partial charge in [-0.15, -0.1) is 0 Å². The Labute approximate surface area is 133 Å². The fraction of sp³-hybridized carbons (Fsp3) is 0.588. The molecule has 21 heavy (non-hydrogen) atoms. The van der Waals surface area contributed by atoms with Crippen LogP contribution >= 0.6 is 11.6 Å². The van der Waals surface area contributed by atoms with Crippen LogP contribution in [-0.4, -0.2) is 11.9 Å². The zero-order chi connectivity index (χ0) is 15.8. The summed E-state index contributed by atoms with van der Waals surface area (Å²) in [5, 5.41) is 3.82. The van der Waals surface area contributed by atoms with Gasteiger partial charge in [-0.2, -0.15) is 0 Å². The highest BCUT2D eigenvalue weighted by atomic mass is 35.5. The van der Waals surface area contributed by atoms with E-state index in [2.05, 4.69) is 12.2 Å². The van der Waals surface area contributed by atoms with Gasteiger partial charge < -0.3 is 11.1 Å². The highest BCUT2D eigenvalue weighted by Gasteiger charge is 2.18. The van der Waals surface area contributed by atoms with Crippen LogP contribution in [0.15, 0.2) is 24.3 Å². The SMILES string of the molecule is CCC(NC(=O)C(C)CCCC(C)N)c1cccc(Cl)c1. The maximum atomic E-state index is 12.3. The Bertz CT molecular complexity index is 448. The topological polar surface area (TPSA) is 55.1 Å². The van der Waals surface area contributed by atoms with E-state index >= 15 is 0 Å². The van der Waals surface area contributed by atoms with E-state index < -0.39 is 0 Å². The summed E-state index contributed by atoms with van der Waals surface area (Å²) in [6.07, 6.45) is 3.67. The van der Waals surface area contributed by atoms with Crippen molar-refractivity contribution in [1.29, 1.82) is 0 Å². The Kier molecular flexibility index (Phi) is 7.76. The molecular weight excluding hydrogens is 284 g/mol. The molecule has 0 aromatic heterocycles. The van der Waals surface area contributed by atoms with E-state index in [0.717, 1.165) is 31.2 Å². The molecule has 3 atom stereocenters. The van der Waals surface area contributed by atoms with Crippen molar-refractivity contribution >= 4 is 17.5 Å².